The lowest BCUT2D eigenvalue weighted by atomic mass is 9.92. The van der Waals surface area contributed by atoms with Crippen molar-refractivity contribution in [1.82, 2.24) is 24.1 Å². The summed E-state index contributed by atoms with van der Waals surface area (Å²) in [5.41, 5.74) is 8.58. The van der Waals surface area contributed by atoms with Gasteiger partial charge in [0.2, 0.25) is 0 Å². The number of nitrogens with zero attached hydrogens (tertiary/aromatic N) is 5. The molecule has 33 heavy (non-hydrogen) atoms. The zero-order chi connectivity index (χ0) is 23.3. The van der Waals surface area contributed by atoms with Gasteiger partial charge in [-0.2, -0.15) is 9.47 Å². The predicted octanol–water partition coefficient (Wildman–Crippen LogP) is 4.95. The Morgan fingerprint density at radius 2 is 2.00 bits per heavy atom. The molecule has 1 saturated carbocycles. The Morgan fingerprint density at radius 1 is 1.21 bits per heavy atom. The number of nitrogens with one attached hydrogen (secondary N) is 2. The standard InChI is InChI=1S/C22H23FN8OS/c1-22(2,3)15-9-16(33-30-15)28-21(32)27-14-7-4-11(8-13(14)23)18-17-19(24)25-10-26-20(17)31(29-18)12-5-6-12/h4,7-10,12H,5-6H2,1-3H3,(H2,24,25,26)(H2,27,28,32). The highest BCUT2D eigenvalue weighted by Gasteiger charge is 2.29. The molecule has 0 spiro atoms. The number of urea groups is 1. The van der Waals surface area contributed by atoms with Crippen LogP contribution >= 0.6 is 11.5 Å². The molecule has 0 radical (unpaired) electrons. The van der Waals surface area contributed by atoms with Gasteiger partial charge in [-0.25, -0.2) is 23.8 Å². The minimum absolute atomic E-state index is 0.0481. The molecule has 4 N–H and O–H groups in total. The van der Waals surface area contributed by atoms with Crippen LogP contribution in [0.2, 0.25) is 0 Å². The third kappa shape index (κ3) is 4.11. The van der Waals surface area contributed by atoms with E-state index in [9.17, 15) is 9.18 Å². The molecule has 2 amide bonds. The summed E-state index contributed by atoms with van der Waals surface area (Å²) >= 11 is 1.18. The quantitative estimate of drug-likeness (QED) is 0.391. The molecule has 0 bridgehead atoms. The molecule has 11 heteroatoms. The van der Waals surface area contributed by atoms with Crippen LogP contribution in [0.3, 0.4) is 0 Å². The van der Waals surface area contributed by atoms with Crippen LogP contribution in [0.4, 0.5) is 25.7 Å². The Hall–Kier alpha value is -3.60. The van der Waals surface area contributed by atoms with E-state index in [1.807, 2.05) is 31.5 Å². The van der Waals surface area contributed by atoms with E-state index in [1.54, 1.807) is 6.07 Å². The van der Waals surface area contributed by atoms with E-state index in [-0.39, 0.29) is 17.1 Å². The first-order valence-corrected chi connectivity index (χ1v) is 11.3. The molecule has 9 nitrogen and oxygen atoms in total. The molecular weight excluding hydrogens is 443 g/mol. The van der Waals surface area contributed by atoms with Gasteiger partial charge in [-0.1, -0.05) is 26.8 Å². The summed E-state index contributed by atoms with van der Waals surface area (Å²) in [6.07, 6.45) is 3.44. The number of fused-ring (bicyclic) bond motifs is 1. The maximum absolute atomic E-state index is 14.9. The Labute approximate surface area is 193 Å². The summed E-state index contributed by atoms with van der Waals surface area (Å²) in [5.74, 6) is -0.296. The van der Waals surface area contributed by atoms with Gasteiger partial charge in [0.05, 0.1) is 22.8 Å². The average molecular weight is 467 g/mol. The summed E-state index contributed by atoms with van der Waals surface area (Å²) in [7, 11) is 0. The van der Waals surface area contributed by atoms with Crippen molar-refractivity contribution >= 4 is 45.1 Å². The average Bonchev–Trinajstić information content (AvgIpc) is 3.34. The summed E-state index contributed by atoms with van der Waals surface area (Å²) in [4.78, 5) is 20.8. The van der Waals surface area contributed by atoms with Crippen LogP contribution in [0.1, 0.15) is 45.3 Å². The zero-order valence-electron chi connectivity index (χ0n) is 18.4. The first kappa shape index (κ1) is 21.3. The normalized spacial score (nSPS) is 13.9. The van der Waals surface area contributed by atoms with E-state index in [2.05, 4.69) is 30.1 Å². The number of hydrogen-bond acceptors (Lipinski definition) is 7. The Balaban J connectivity index is 1.38. The van der Waals surface area contributed by atoms with Gasteiger partial charge in [0.25, 0.3) is 0 Å². The smallest absolute Gasteiger partial charge is 0.324 e. The number of aromatic nitrogens is 5. The lowest BCUT2D eigenvalue weighted by molar-refractivity contribution is 0.262. The Bertz CT molecular complexity index is 1370. The van der Waals surface area contributed by atoms with Gasteiger partial charge in [0.1, 0.15) is 28.7 Å². The number of nitrogen functional groups attached to an aromatic ring is 1. The van der Waals surface area contributed by atoms with Gasteiger partial charge in [0, 0.05) is 11.0 Å². The van der Waals surface area contributed by atoms with Crippen LogP contribution < -0.4 is 16.4 Å². The first-order valence-electron chi connectivity index (χ1n) is 10.5. The monoisotopic (exact) mass is 466 g/mol. The largest absolute Gasteiger partial charge is 0.383 e. The highest BCUT2D eigenvalue weighted by Crippen LogP contribution is 2.40. The first-order chi connectivity index (χ1) is 15.7. The summed E-state index contributed by atoms with van der Waals surface area (Å²) in [6.45, 7) is 6.12. The number of rotatable bonds is 4. The van der Waals surface area contributed by atoms with Gasteiger partial charge in [-0.3, -0.25) is 5.32 Å². The van der Waals surface area contributed by atoms with Crippen LogP contribution in [0.25, 0.3) is 22.3 Å². The molecule has 1 aliphatic carbocycles. The second kappa shape index (κ2) is 7.77. The van der Waals surface area contributed by atoms with Crippen LogP contribution in [0.15, 0.2) is 30.6 Å². The van der Waals surface area contributed by atoms with Crippen molar-refractivity contribution in [3.8, 4) is 11.3 Å². The molecule has 0 unspecified atom stereocenters. The number of hydrogen-bond donors (Lipinski definition) is 3. The Kier molecular flexibility index (Phi) is 5.00. The number of benzene rings is 1. The van der Waals surface area contributed by atoms with Crippen LogP contribution in [-0.4, -0.2) is 30.2 Å². The fourth-order valence-electron chi connectivity index (χ4n) is 3.49. The van der Waals surface area contributed by atoms with Crippen LogP contribution in [0, 0.1) is 5.82 Å². The van der Waals surface area contributed by atoms with Crippen molar-refractivity contribution in [2.75, 3.05) is 16.4 Å². The van der Waals surface area contributed by atoms with E-state index in [0.29, 0.717) is 33.1 Å². The third-order valence-electron chi connectivity index (χ3n) is 5.42. The minimum Gasteiger partial charge on any atom is -0.383 e. The molecule has 0 aliphatic heterocycles. The SMILES string of the molecule is CC(C)(C)c1cc(NC(=O)Nc2ccc(-c3nn(C4CC4)c4ncnc(N)c34)cc2F)sn1. The molecule has 170 valence electrons. The van der Waals surface area contributed by atoms with Gasteiger partial charge < -0.3 is 11.1 Å². The van der Waals surface area contributed by atoms with Crippen molar-refractivity contribution in [3.05, 3.63) is 42.1 Å². The number of carbonyl (C=O) groups excluding carboxylic acids is 1. The van der Waals surface area contributed by atoms with Gasteiger partial charge in [-0.05, 0) is 42.6 Å². The number of carbonyl (C=O) groups is 1. The number of anilines is 3. The van der Waals surface area contributed by atoms with Crippen molar-refractivity contribution in [2.24, 2.45) is 0 Å². The van der Waals surface area contributed by atoms with Crippen molar-refractivity contribution < 1.29 is 9.18 Å². The summed E-state index contributed by atoms with van der Waals surface area (Å²) in [5, 5.41) is 11.1. The minimum atomic E-state index is -0.591. The molecular formula is C22H23FN8OS. The Morgan fingerprint density at radius 3 is 2.67 bits per heavy atom. The molecule has 3 aromatic heterocycles. The molecule has 1 aromatic carbocycles. The number of nitrogens with two attached hydrogens (primary N) is 1. The summed E-state index contributed by atoms with van der Waals surface area (Å²) in [6, 6.07) is 6.05. The maximum atomic E-state index is 14.9. The maximum Gasteiger partial charge on any atom is 0.324 e. The fraction of sp³-hybridized carbons (Fsp3) is 0.318. The third-order valence-corrected chi connectivity index (χ3v) is 6.12. The molecule has 3 heterocycles. The van der Waals surface area contributed by atoms with Crippen molar-refractivity contribution in [2.45, 2.75) is 45.1 Å². The van der Waals surface area contributed by atoms with E-state index in [4.69, 9.17) is 5.73 Å². The van der Waals surface area contributed by atoms with E-state index in [1.165, 1.54) is 30.0 Å². The molecule has 0 atom stereocenters. The van der Waals surface area contributed by atoms with Crippen LogP contribution in [0.5, 0.6) is 0 Å². The van der Waals surface area contributed by atoms with E-state index >= 15 is 0 Å². The van der Waals surface area contributed by atoms with Gasteiger partial charge >= 0.3 is 6.03 Å². The van der Waals surface area contributed by atoms with Crippen molar-refractivity contribution in [1.29, 1.82) is 0 Å². The fourth-order valence-corrected chi connectivity index (χ4v) is 4.31. The molecule has 5 rings (SSSR count). The lowest BCUT2D eigenvalue weighted by Crippen LogP contribution is -2.19. The topological polar surface area (TPSA) is 124 Å². The second-order valence-electron chi connectivity index (χ2n) is 9.08. The van der Waals surface area contributed by atoms with Crippen molar-refractivity contribution in [3.63, 3.8) is 0 Å². The van der Waals surface area contributed by atoms with E-state index in [0.717, 1.165) is 18.5 Å². The second-order valence-corrected chi connectivity index (χ2v) is 9.89. The summed E-state index contributed by atoms with van der Waals surface area (Å²) < 4.78 is 21.1. The zero-order valence-corrected chi connectivity index (χ0v) is 19.2. The highest BCUT2D eigenvalue weighted by molar-refractivity contribution is 7.10. The van der Waals surface area contributed by atoms with E-state index < -0.39 is 11.8 Å². The lowest BCUT2D eigenvalue weighted by Gasteiger charge is -2.13. The highest BCUT2D eigenvalue weighted by atomic mass is 32.1. The predicted molar refractivity (Wildman–Crippen MR) is 127 cm³/mol. The van der Waals surface area contributed by atoms with Crippen LogP contribution in [-0.2, 0) is 5.41 Å². The molecule has 1 fully saturated rings. The van der Waals surface area contributed by atoms with Gasteiger partial charge in [0.15, 0.2) is 5.65 Å². The molecule has 1 aliphatic rings. The molecule has 4 aromatic rings. The number of amides is 2. The molecule has 0 saturated heterocycles. The van der Waals surface area contributed by atoms with Gasteiger partial charge in [-0.15, -0.1) is 0 Å². The number of halogens is 1.